The summed E-state index contributed by atoms with van der Waals surface area (Å²) in [5.41, 5.74) is 1.19. The SMILES string of the molecule is COCCN(CC1CCCN1)C(C)c1csc(C)n1. The smallest absolute Gasteiger partial charge is 0.0898 e. The van der Waals surface area contributed by atoms with Crippen molar-refractivity contribution in [2.75, 3.05) is 33.4 Å². The molecule has 0 amide bonds. The van der Waals surface area contributed by atoms with Gasteiger partial charge in [0.15, 0.2) is 0 Å². The maximum atomic E-state index is 5.25. The van der Waals surface area contributed by atoms with Crippen LogP contribution in [-0.2, 0) is 4.74 Å². The van der Waals surface area contributed by atoms with E-state index in [-0.39, 0.29) is 0 Å². The lowest BCUT2D eigenvalue weighted by Gasteiger charge is -2.30. The lowest BCUT2D eigenvalue weighted by atomic mass is 10.1. The summed E-state index contributed by atoms with van der Waals surface area (Å²) < 4.78 is 5.25. The highest BCUT2D eigenvalue weighted by atomic mass is 32.1. The van der Waals surface area contributed by atoms with Gasteiger partial charge in [0.25, 0.3) is 0 Å². The van der Waals surface area contributed by atoms with Crippen LogP contribution in [0.1, 0.15) is 36.5 Å². The van der Waals surface area contributed by atoms with Gasteiger partial charge in [-0.05, 0) is 33.2 Å². The first kappa shape index (κ1) is 14.9. The van der Waals surface area contributed by atoms with Gasteiger partial charge in [-0.2, -0.15) is 0 Å². The van der Waals surface area contributed by atoms with Gasteiger partial charge in [-0.25, -0.2) is 4.98 Å². The van der Waals surface area contributed by atoms with Crippen LogP contribution in [0.25, 0.3) is 0 Å². The third-order valence-corrected chi connectivity index (χ3v) is 4.60. The standard InChI is InChI=1S/C14H25N3OS/c1-11(14-10-19-12(2)16-14)17(7-8-18-3)9-13-5-4-6-15-13/h10-11,13,15H,4-9H2,1-3H3. The van der Waals surface area contributed by atoms with Gasteiger partial charge in [0.2, 0.25) is 0 Å². The van der Waals surface area contributed by atoms with Crippen LogP contribution >= 0.6 is 11.3 Å². The van der Waals surface area contributed by atoms with Gasteiger partial charge in [-0.3, -0.25) is 4.90 Å². The molecule has 0 aromatic carbocycles. The van der Waals surface area contributed by atoms with Crippen molar-refractivity contribution in [3.8, 4) is 0 Å². The molecule has 0 spiro atoms. The Labute approximate surface area is 120 Å². The van der Waals surface area contributed by atoms with Crippen molar-refractivity contribution >= 4 is 11.3 Å². The van der Waals surface area contributed by atoms with E-state index in [9.17, 15) is 0 Å². The Hall–Kier alpha value is -0.490. The highest BCUT2D eigenvalue weighted by Crippen LogP contribution is 2.23. The molecule has 2 rings (SSSR count). The Morgan fingerprint density at radius 3 is 3.05 bits per heavy atom. The van der Waals surface area contributed by atoms with Crippen molar-refractivity contribution in [2.45, 2.75) is 38.8 Å². The zero-order valence-electron chi connectivity index (χ0n) is 12.2. The number of nitrogens with one attached hydrogen (secondary N) is 1. The average molecular weight is 283 g/mol. The number of ether oxygens (including phenoxy) is 1. The second kappa shape index (κ2) is 7.33. The van der Waals surface area contributed by atoms with E-state index in [1.165, 1.54) is 18.5 Å². The lowest BCUT2D eigenvalue weighted by Crippen LogP contribution is -2.40. The summed E-state index contributed by atoms with van der Waals surface area (Å²) in [5, 5.41) is 6.90. The highest BCUT2D eigenvalue weighted by Gasteiger charge is 2.23. The molecule has 2 atom stereocenters. The van der Waals surface area contributed by atoms with Crippen LogP contribution < -0.4 is 5.32 Å². The molecule has 0 bridgehead atoms. The van der Waals surface area contributed by atoms with Crippen LogP contribution in [0.2, 0.25) is 0 Å². The van der Waals surface area contributed by atoms with E-state index in [1.54, 1.807) is 18.4 Å². The number of hydrogen-bond acceptors (Lipinski definition) is 5. The quantitative estimate of drug-likeness (QED) is 0.832. The van der Waals surface area contributed by atoms with E-state index in [2.05, 4.69) is 34.4 Å². The first-order valence-corrected chi connectivity index (χ1v) is 7.97. The molecule has 1 N–H and O–H groups in total. The number of nitrogens with zero attached hydrogens (tertiary/aromatic N) is 2. The van der Waals surface area contributed by atoms with E-state index in [0.29, 0.717) is 12.1 Å². The molecule has 1 aliphatic rings. The van der Waals surface area contributed by atoms with Gasteiger partial charge < -0.3 is 10.1 Å². The Balaban J connectivity index is 1.98. The summed E-state index contributed by atoms with van der Waals surface area (Å²) in [7, 11) is 1.77. The average Bonchev–Trinajstić information content (AvgIpc) is 3.05. The van der Waals surface area contributed by atoms with E-state index >= 15 is 0 Å². The number of hydrogen-bond donors (Lipinski definition) is 1. The molecule has 2 unspecified atom stereocenters. The van der Waals surface area contributed by atoms with Crippen molar-refractivity contribution in [2.24, 2.45) is 0 Å². The van der Waals surface area contributed by atoms with Crippen molar-refractivity contribution in [1.82, 2.24) is 15.2 Å². The van der Waals surface area contributed by atoms with Gasteiger partial charge in [0.05, 0.1) is 23.4 Å². The van der Waals surface area contributed by atoms with Gasteiger partial charge in [0.1, 0.15) is 0 Å². The Morgan fingerprint density at radius 1 is 1.63 bits per heavy atom. The van der Waals surface area contributed by atoms with Crippen molar-refractivity contribution < 1.29 is 4.74 Å². The first-order valence-electron chi connectivity index (χ1n) is 7.09. The van der Waals surface area contributed by atoms with Crippen molar-refractivity contribution in [3.05, 3.63) is 16.1 Å². The Bertz CT molecular complexity index is 377. The summed E-state index contributed by atoms with van der Waals surface area (Å²) in [6.45, 7) is 8.30. The molecule has 108 valence electrons. The highest BCUT2D eigenvalue weighted by molar-refractivity contribution is 7.09. The first-order chi connectivity index (χ1) is 9.20. The molecular formula is C14H25N3OS. The zero-order chi connectivity index (χ0) is 13.7. The fourth-order valence-corrected chi connectivity index (χ4v) is 3.31. The molecule has 1 aliphatic heterocycles. The van der Waals surface area contributed by atoms with Crippen LogP contribution in [-0.4, -0.2) is 49.3 Å². The van der Waals surface area contributed by atoms with Crippen LogP contribution in [0.5, 0.6) is 0 Å². The van der Waals surface area contributed by atoms with Crippen LogP contribution in [0, 0.1) is 6.92 Å². The predicted octanol–water partition coefficient (Wildman–Crippen LogP) is 2.21. The van der Waals surface area contributed by atoms with Gasteiger partial charge >= 0.3 is 0 Å². The van der Waals surface area contributed by atoms with Gasteiger partial charge in [0, 0.05) is 31.6 Å². The fraction of sp³-hybridized carbons (Fsp3) is 0.786. The molecular weight excluding hydrogens is 258 g/mol. The van der Waals surface area contributed by atoms with Crippen LogP contribution in [0.3, 0.4) is 0 Å². The summed E-state index contributed by atoms with van der Waals surface area (Å²) >= 11 is 1.73. The maximum Gasteiger partial charge on any atom is 0.0898 e. The molecule has 0 aliphatic carbocycles. The monoisotopic (exact) mass is 283 g/mol. The fourth-order valence-electron chi connectivity index (χ4n) is 2.61. The molecule has 1 fully saturated rings. The Morgan fingerprint density at radius 2 is 2.47 bits per heavy atom. The molecule has 0 radical (unpaired) electrons. The third kappa shape index (κ3) is 4.24. The third-order valence-electron chi connectivity index (χ3n) is 3.81. The molecule has 0 saturated carbocycles. The number of rotatable bonds is 7. The molecule has 1 aromatic rings. The largest absolute Gasteiger partial charge is 0.383 e. The minimum Gasteiger partial charge on any atom is -0.383 e. The maximum absolute atomic E-state index is 5.25. The summed E-state index contributed by atoms with van der Waals surface area (Å²) in [6, 6.07) is 0.988. The number of aromatic nitrogens is 1. The van der Waals surface area contributed by atoms with Gasteiger partial charge in [-0.15, -0.1) is 11.3 Å². The summed E-state index contributed by atoms with van der Waals surface area (Å²) in [4.78, 5) is 7.12. The number of aryl methyl sites for hydroxylation is 1. The van der Waals surface area contributed by atoms with Crippen LogP contribution in [0.4, 0.5) is 0 Å². The summed E-state index contributed by atoms with van der Waals surface area (Å²) in [6.07, 6.45) is 2.58. The molecule has 2 heterocycles. The van der Waals surface area contributed by atoms with Gasteiger partial charge in [-0.1, -0.05) is 0 Å². The minimum atomic E-state index is 0.363. The molecule has 19 heavy (non-hydrogen) atoms. The molecule has 5 heteroatoms. The minimum absolute atomic E-state index is 0.363. The zero-order valence-corrected chi connectivity index (χ0v) is 13.0. The molecule has 1 saturated heterocycles. The van der Waals surface area contributed by atoms with Crippen molar-refractivity contribution in [1.29, 1.82) is 0 Å². The van der Waals surface area contributed by atoms with E-state index in [1.807, 2.05) is 0 Å². The predicted molar refractivity (Wildman–Crippen MR) is 79.7 cm³/mol. The molecule has 4 nitrogen and oxygen atoms in total. The number of methoxy groups -OCH3 is 1. The Kier molecular flexibility index (Phi) is 5.76. The number of thiazole rings is 1. The van der Waals surface area contributed by atoms with E-state index < -0.39 is 0 Å². The normalized spacial score (nSPS) is 21.2. The van der Waals surface area contributed by atoms with E-state index in [4.69, 9.17) is 4.74 Å². The second-order valence-corrected chi connectivity index (χ2v) is 6.31. The van der Waals surface area contributed by atoms with Crippen molar-refractivity contribution in [3.63, 3.8) is 0 Å². The topological polar surface area (TPSA) is 37.4 Å². The van der Waals surface area contributed by atoms with E-state index in [0.717, 1.165) is 31.2 Å². The lowest BCUT2D eigenvalue weighted by molar-refractivity contribution is 0.116. The molecule has 1 aromatic heterocycles. The summed E-state index contributed by atoms with van der Waals surface area (Å²) in [5.74, 6) is 0. The second-order valence-electron chi connectivity index (χ2n) is 5.25. The van der Waals surface area contributed by atoms with Crippen LogP contribution in [0.15, 0.2) is 5.38 Å².